The maximum Gasteiger partial charge on any atom is 0.120 e. The molecule has 0 spiro atoms. The van der Waals surface area contributed by atoms with E-state index in [9.17, 15) is 0 Å². The minimum atomic E-state index is 0.404. The Morgan fingerprint density at radius 1 is 1.27 bits per heavy atom. The van der Waals surface area contributed by atoms with Crippen LogP contribution in [0.4, 0.5) is 0 Å². The zero-order valence-electron chi connectivity index (χ0n) is 14.0. The molecule has 1 saturated heterocycles. The van der Waals surface area contributed by atoms with E-state index in [0.29, 0.717) is 6.04 Å². The molecule has 0 aromatic carbocycles. The maximum absolute atomic E-state index is 5.72. The Morgan fingerprint density at radius 3 is 2.82 bits per heavy atom. The Bertz CT molecular complexity index is 600. The summed E-state index contributed by atoms with van der Waals surface area (Å²) in [4.78, 5) is 2.59. The van der Waals surface area contributed by atoms with Crippen LogP contribution in [0.5, 0.6) is 0 Å². The molecule has 4 heteroatoms. The second kappa shape index (κ2) is 6.69. The quantitative estimate of drug-likeness (QED) is 0.847. The van der Waals surface area contributed by atoms with Gasteiger partial charge in [-0.2, -0.15) is 5.10 Å². The minimum Gasteiger partial charge on any atom is -0.468 e. The van der Waals surface area contributed by atoms with Crippen LogP contribution in [-0.2, 0) is 13.1 Å². The molecule has 0 unspecified atom stereocenters. The fourth-order valence-corrected chi connectivity index (χ4v) is 3.63. The van der Waals surface area contributed by atoms with Gasteiger partial charge in [0.05, 0.1) is 18.0 Å². The van der Waals surface area contributed by atoms with Gasteiger partial charge >= 0.3 is 0 Å². The summed E-state index contributed by atoms with van der Waals surface area (Å²) in [5, 5.41) is 4.67. The van der Waals surface area contributed by atoms with Crippen LogP contribution in [-0.4, -0.2) is 21.2 Å². The average molecular weight is 301 g/mol. The lowest BCUT2D eigenvalue weighted by Crippen LogP contribution is -2.28. The predicted molar refractivity (Wildman–Crippen MR) is 87.7 cm³/mol. The second-order valence-corrected chi connectivity index (χ2v) is 6.32. The molecule has 3 rings (SSSR count). The number of nitrogens with zero attached hydrogens (tertiary/aromatic N) is 3. The molecule has 2 aromatic rings. The molecule has 1 aliphatic rings. The van der Waals surface area contributed by atoms with E-state index in [1.54, 1.807) is 6.26 Å². The number of aryl methyl sites for hydroxylation is 2. The van der Waals surface area contributed by atoms with Gasteiger partial charge < -0.3 is 4.42 Å². The number of aromatic nitrogens is 2. The smallest absolute Gasteiger partial charge is 0.120 e. The van der Waals surface area contributed by atoms with Crippen molar-refractivity contribution in [1.82, 2.24) is 14.7 Å². The van der Waals surface area contributed by atoms with E-state index in [1.807, 2.05) is 6.07 Å². The van der Waals surface area contributed by atoms with Gasteiger partial charge in [0.1, 0.15) is 5.76 Å². The zero-order valence-corrected chi connectivity index (χ0v) is 14.0. The Labute approximate surface area is 133 Å². The van der Waals surface area contributed by atoms with Crippen molar-refractivity contribution in [3.05, 3.63) is 41.1 Å². The van der Waals surface area contributed by atoms with Crippen molar-refractivity contribution >= 4 is 0 Å². The molecule has 2 aromatic heterocycles. The van der Waals surface area contributed by atoms with Crippen LogP contribution in [0.3, 0.4) is 0 Å². The molecule has 0 radical (unpaired) electrons. The molecular weight excluding hydrogens is 274 g/mol. The topological polar surface area (TPSA) is 34.2 Å². The first kappa shape index (κ1) is 15.3. The van der Waals surface area contributed by atoms with E-state index in [1.165, 1.54) is 42.6 Å². The molecule has 3 heterocycles. The molecule has 22 heavy (non-hydrogen) atoms. The van der Waals surface area contributed by atoms with Crippen molar-refractivity contribution in [2.45, 2.75) is 65.6 Å². The van der Waals surface area contributed by atoms with Crippen LogP contribution < -0.4 is 0 Å². The van der Waals surface area contributed by atoms with Gasteiger partial charge in [0.2, 0.25) is 0 Å². The zero-order chi connectivity index (χ0) is 15.5. The van der Waals surface area contributed by atoms with Crippen LogP contribution in [0.1, 0.15) is 61.4 Å². The Hall–Kier alpha value is -1.55. The van der Waals surface area contributed by atoms with Gasteiger partial charge in [0.15, 0.2) is 0 Å². The Morgan fingerprint density at radius 2 is 2.14 bits per heavy atom. The molecule has 0 aliphatic carbocycles. The van der Waals surface area contributed by atoms with Crippen molar-refractivity contribution in [2.75, 3.05) is 6.54 Å². The van der Waals surface area contributed by atoms with Crippen molar-refractivity contribution in [2.24, 2.45) is 0 Å². The molecule has 1 atom stereocenters. The minimum absolute atomic E-state index is 0.404. The summed E-state index contributed by atoms with van der Waals surface area (Å²) in [5.41, 5.74) is 3.87. The third-order valence-corrected chi connectivity index (χ3v) is 4.93. The van der Waals surface area contributed by atoms with Gasteiger partial charge in [-0.15, -0.1) is 0 Å². The number of hydrogen-bond acceptors (Lipinski definition) is 3. The monoisotopic (exact) mass is 301 g/mol. The standard InChI is InChI=1S/C18H27N3O/c1-4-21-15(3)16(14(2)19-21)13-20-11-7-5-6-9-17(20)18-10-8-12-22-18/h8,10,12,17H,4-7,9,11,13H2,1-3H3/t17-/m0/s1. The van der Waals surface area contributed by atoms with Crippen LogP contribution in [0.2, 0.25) is 0 Å². The van der Waals surface area contributed by atoms with Crippen molar-refractivity contribution in [3.8, 4) is 0 Å². The highest BCUT2D eigenvalue weighted by Gasteiger charge is 2.26. The van der Waals surface area contributed by atoms with Gasteiger partial charge in [-0.1, -0.05) is 12.8 Å². The molecule has 4 nitrogen and oxygen atoms in total. The first-order chi connectivity index (χ1) is 10.7. The lowest BCUT2D eigenvalue weighted by atomic mass is 10.1. The molecule has 120 valence electrons. The molecule has 0 amide bonds. The number of rotatable bonds is 4. The van der Waals surface area contributed by atoms with Crippen LogP contribution >= 0.6 is 0 Å². The number of hydrogen-bond donors (Lipinski definition) is 0. The molecule has 1 fully saturated rings. The summed E-state index contributed by atoms with van der Waals surface area (Å²) >= 11 is 0. The first-order valence-corrected chi connectivity index (χ1v) is 8.51. The van der Waals surface area contributed by atoms with E-state index in [4.69, 9.17) is 4.42 Å². The number of furan rings is 1. The fourth-order valence-electron chi connectivity index (χ4n) is 3.63. The van der Waals surface area contributed by atoms with E-state index in [2.05, 4.69) is 41.5 Å². The summed E-state index contributed by atoms with van der Waals surface area (Å²) in [7, 11) is 0. The third kappa shape index (κ3) is 2.98. The predicted octanol–water partition coefficient (Wildman–Crippen LogP) is 4.23. The van der Waals surface area contributed by atoms with E-state index >= 15 is 0 Å². The van der Waals surface area contributed by atoms with Gasteiger partial charge in [-0.3, -0.25) is 9.58 Å². The van der Waals surface area contributed by atoms with Crippen molar-refractivity contribution < 1.29 is 4.42 Å². The SMILES string of the molecule is CCn1nc(C)c(CN2CCCCC[C@H]2c2ccco2)c1C. The first-order valence-electron chi connectivity index (χ1n) is 8.51. The summed E-state index contributed by atoms with van der Waals surface area (Å²) in [6.45, 7) is 9.53. The summed E-state index contributed by atoms with van der Waals surface area (Å²) in [6, 6.07) is 4.53. The lowest BCUT2D eigenvalue weighted by molar-refractivity contribution is 0.169. The van der Waals surface area contributed by atoms with Crippen LogP contribution in [0.25, 0.3) is 0 Å². The van der Waals surface area contributed by atoms with Gasteiger partial charge in [0.25, 0.3) is 0 Å². The highest BCUT2D eigenvalue weighted by atomic mass is 16.3. The molecule has 1 aliphatic heterocycles. The molecule has 0 bridgehead atoms. The second-order valence-electron chi connectivity index (χ2n) is 6.32. The Balaban J connectivity index is 1.86. The van der Waals surface area contributed by atoms with Gasteiger partial charge in [0, 0.05) is 24.3 Å². The normalized spacial score (nSPS) is 20.2. The lowest BCUT2D eigenvalue weighted by Gasteiger charge is -2.28. The van der Waals surface area contributed by atoms with Crippen LogP contribution in [0, 0.1) is 13.8 Å². The van der Waals surface area contributed by atoms with Crippen molar-refractivity contribution in [3.63, 3.8) is 0 Å². The molecule has 0 saturated carbocycles. The highest BCUT2D eigenvalue weighted by Crippen LogP contribution is 2.32. The summed E-state index contributed by atoms with van der Waals surface area (Å²) in [6.07, 6.45) is 6.86. The van der Waals surface area contributed by atoms with E-state index < -0.39 is 0 Å². The average Bonchev–Trinajstić information content (AvgIpc) is 3.06. The van der Waals surface area contributed by atoms with Crippen LogP contribution in [0.15, 0.2) is 22.8 Å². The highest BCUT2D eigenvalue weighted by molar-refractivity contribution is 5.25. The summed E-state index contributed by atoms with van der Waals surface area (Å²) < 4.78 is 7.84. The van der Waals surface area contributed by atoms with Gasteiger partial charge in [-0.25, -0.2) is 0 Å². The van der Waals surface area contributed by atoms with E-state index in [0.717, 1.165) is 25.4 Å². The number of likely N-dealkylation sites (tertiary alicyclic amines) is 1. The third-order valence-electron chi connectivity index (χ3n) is 4.93. The fraction of sp³-hybridized carbons (Fsp3) is 0.611. The Kier molecular flexibility index (Phi) is 4.67. The molecule has 0 N–H and O–H groups in total. The summed E-state index contributed by atoms with van der Waals surface area (Å²) in [5.74, 6) is 1.11. The molecular formula is C18H27N3O. The van der Waals surface area contributed by atoms with Crippen molar-refractivity contribution in [1.29, 1.82) is 0 Å². The van der Waals surface area contributed by atoms with E-state index in [-0.39, 0.29) is 0 Å². The largest absolute Gasteiger partial charge is 0.468 e. The maximum atomic E-state index is 5.72. The van der Waals surface area contributed by atoms with Gasteiger partial charge in [-0.05, 0) is 52.3 Å².